The van der Waals surface area contributed by atoms with Crippen molar-refractivity contribution >= 4 is 17.6 Å². The number of ether oxygens (including phenoxy) is 2. The first kappa shape index (κ1) is 17.8. The summed E-state index contributed by atoms with van der Waals surface area (Å²) in [7, 11) is 0. The average Bonchev–Trinajstić information content (AvgIpc) is 2.48. The molecule has 0 saturated carbocycles. The van der Waals surface area contributed by atoms with Crippen molar-refractivity contribution in [2.75, 3.05) is 11.9 Å². The van der Waals surface area contributed by atoms with Crippen molar-refractivity contribution in [2.45, 2.75) is 26.1 Å². The van der Waals surface area contributed by atoms with Crippen LogP contribution in [0.25, 0.3) is 0 Å². The van der Waals surface area contributed by atoms with E-state index in [0.717, 1.165) is 12.1 Å². The van der Waals surface area contributed by atoms with Gasteiger partial charge in [0.05, 0.1) is 6.61 Å². The minimum atomic E-state index is -1.12. The summed E-state index contributed by atoms with van der Waals surface area (Å²) >= 11 is 0. The molecule has 0 spiro atoms. The fourth-order valence-electron chi connectivity index (χ4n) is 1.42. The van der Waals surface area contributed by atoms with Gasteiger partial charge < -0.3 is 14.8 Å². The van der Waals surface area contributed by atoms with E-state index < -0.39 is 35.7 Å². The summed E-state index contributed by atoms with van der Waals surface area (Å²) in [5, 5.41) is 2.32. The Bertz CT molecular complexity index is 562. The number of esters is 1. The third-order valence-electron chi connectivity index (χ3n) is 2.65. The highest BCUT2D eigenvalue weighted by Crippen LogP contribution is 2.13. The number of carbonyl (C=O) groups is 2. The van der Waals surface area contributed by atoms with Gasteiger partial charge in [0.1, 0.15) is 0 Å². The van der Waals surface area contributed by atoms with Crippen molar-refractivity contribution in [3.05, 3.63) is 42.5 Å². The molecule has 0 aliphatic heterocycles. The number of hydrogen-bond acceptors (Lipinski definition) is 4. The maximum Gasteiger partial charge on any atom is 0.335 e. The molecule has 0 heterocycles. The molecule has 0 bridgehead atoms. The third kappa shape index (κ3) is 5.25. The minimum Gasteiger partial charge on any atom is -0.451 e. The molecule has 0 aromatic heterocycles. The summed E-state index contributed by atoms with van der Waals surface area (Å²) in [5.41, 5.74) is 0.0581. The molecule has 1 amide bonds. The predicted octanol–water partition coefficient (Wildman–Crippen LogP) is 2.43. The Labute approximate surface area is 126 Å². The second-order valence-corrected chi connectivity index (χ2v) is 4.46. The van der Waals surface area contributed by atoms with Crippen LogP contribution in [0.2, 0.25) is 0 Å². The summed E-state index contributed by atoms with van der Waals surface area (Å²) < 4.78 is 35.8. The molecular formula is C15H17F2NO4. The Morgan fingerprint density at radius 2 is 1.95 bits per heavy atom. The summed E-state index contributed by atoms with van der Waals surface area (Å²) in [4.78, 5) is 23.5. The van der Waals surface area contributed by atoms with Gasteiger partial charge in [-0.1, -0.05) is 6.08 Å². The third-order valence-corrected chi connectivity index (χ3v) is 2.65. The Morgan fingerprint density at radius 1 is 1.27 bits per heavy atom. The number of rotatable bonds is 7. The number of amides is 1. The average molecular weight is 313 g/mol. The van der Waals surface area contributed by atoms with Crippen LogP contribution in [0.3, 0.4) is 0 Å². The molecule has 0 radical (unpaired) electrons. The fraction of sp³-hybridized carbons (Fsp3) is 0.333. The van der Waals surface area contributed by atoms with Crippen LogP contribution in [0.15, 0.2) is 30.9 Å². The Balaban J connectivity index is 2.55. The molecule has 1 rings (SSSR count). The van der Waals surface area contributed by atoms with Crippen molar-refractivity contribution in [1.82, 2.24) is 0 Å². The highest BCUT2D eigenvalue weighted by Gasteiger charge is 2.22. The monoisotopic (exact) mass is 313 g/mol. The van der Waals surface area contributed by atoms with Gasteiger partial charge in [-0.3, -0.25) is 4.79 Å². The van der Waals surface area contributed by atoms with Crippen LogP contribution in [-0.2, 0) is 19.1 Å². The van der Waals surface area contributed by atoms with Crippen molar-refractivity contribution < 1.29 is 27.8 Å². The minimum absolute atomic E-state index is 0.0581. The molecule has 0 saturated heterocycles. The first-order valence-corrected chi connectivity index (χ1v) is 6.54. The number of hydrogen-bond donors (Lipinski definition) is 1. The molecule has 1 aromatic rings. The quantitative estimate of drug-likeness (QED) is 0.620. The van der Waals surface area contributed by atoms with E-state index in [9.17, 15) is 18.4 Å². The Hall–Kier alpha value is -2.28. The molecule has 0 aliphatic carbocycles. The molecule has 22 heavy (non-hydrogen) atoms. The lowest BCUT2D eigenvalue weighted by Crippen LogP contribution is -2.34. The fourth-order valence-corrected chi connectivity index (χ4v) is 1.42. The molecular weight excluding hydrogens is 296 g/mol. The van der Waals surface area contributed by atoms with E-state index >= 15 is 0 Å². The summed E-state index contributed by atoms with van der Waals surface area (Å²) in [5.74, 6) is -3.50. The van der Waals surface area contributed by atoms with Gasteiger partial charge in [0, 0.05) is 11.8 Å². The standard InChI is InChI=1S/C15H17F2NO4/c1-4-7-21-10(3)15(20)22-9(2)14(19)18-11-5-6-12(16)13(17)8-11/h4-6,8-10H,1,7H2,2-3H3,(H,18,19). The van der Waals surface area contributed by atoms with E-state index in [1.807, 2.05) is 0 Å². The number of carbonyl (C=O) groups excluding carboxylic acids is 2. The van der Waals surface area contributed by atoms with E-state index in [-0.39, 0.29) is 12.3 Å². The Morgan fingerprint density at radius 3 is 2.55 bits per heavy atom. The van der Waals surface area contributed by atoms with Crippen LogP contribution in [0, 0.1) is 11.6 Å². The van der Waals surface area contributed by atoms with Crippen molar-refractivity contribution in [3.63, 3.8) is 0 Å². The van der Waals surface area contributed by atoms with Crippen LogP contribution in [0.5, 0.6) is 0 Å². The van der Waals surface area contributed by atoms with Crippen LogP contribution in [0.4, 0.5) is 14.5 Å². The van der Waals surface area contributed by atoms with E-state index in [0.29, 0.717) is 0 Å². The predicted molar refractivity (Wildman–Crippen MR) is 76.2 cm³/mol. The molecule has 0 fully saturated rings. The molecule has 5 nitrogen and oxygen atoms in total. The van der Waals surface area contributed by atoms with Crippen LogP contribution < -0.4 is 5.32 Å². The zero-order valence-electron chi connectivity index (χ0n) is 12.3. The molecule has 7 heteroatoms. The van der Waals surface area contributed by atoms with Gasteiger partial charge in [0.2, 0.25) is 0 Å². The van der Waals surface area contributed by atoms with Crippen LogP contribution in [0.1, 0.15) is 13.8 Å². The maximum atomic E-state index is 13.0. The number of anilines is 1. The normalized spacial score (nSPS) is 13.1. The zero-order chi connectivity index (χ0) is 16.7. The highest BCUT2D eigenvalue weighted by molar-refractivity contribution is 5.95. The lowest BCUT2D eigenvalue weighted by atomic mass is 10.2. The van der Waals surface area contributed by atoms with Gasteiger partial charge in [-0.15, -0.1) is 6.58 Å². The zero-order valence-corrected chi connectivity index (χ0v) is 12.3. The second-order valence-electron chi connectivity index (χ2n) is 4.46. The number of benzene rings is 1. The smallest absolute Gasteiger partial charge is 0.335 e. The van der Waals surface area contributed by atoms with Gasteiger partial charge in [0.15, 0.2) is 23.8 Å². The Kier molecular flexibility index (Phi) is 6.65. The first-order chi connectivity index (χ1) is 10.3. The summed E-state index contributed by atoms with van der Waals surface area (Å²) in [6, 6.07) is 2.91. The lowest BCUT2D eigenvalue weighted by Gasteiger charge is -2.16. The lowest BCUT2D eigenvalue weighted by molar-refractivity contribution is -0.163. The summed E-state index contributed by atoms with van der Waals surface area (Å²) in [6.07, 6.45) is -0.491. The molecule has 1 aromatic carbocycles. The van der Waals surface area contributed by atoms with E-state index in [4.69, 9.17) is 9.47 Å². The first-order valence-electron chi connectivity index (χ1n) is 6.54. The largest absolute Gasteiger partial charge is 0.451 e. The maximum absolute atomic E-state index is 13.0. The van der Waals surface area contributed by atoms with Crippen LogP contribution >= 0.6 is 0 Å². The second kappa shape index (κ2) is 8.23. The molecule has 0 aliphatic rings. The van der Waals surface area contributed by atoms with Crippen molar-refractivity contribution in [3.8, 4) is 0 Å². The van der Waals surface area contributed by atoms with E-state index in [1.54, 1.807) is 0 Å². The van der Waals surface area contributed by atoms with Gasteiger partial charge in [-0.25, -0.2) is 13.6 Å². The molecule has 1 N–H and O–H groups in total. The van der Waals surface area contributed by atoms with E-state index in [1.165, 1.54) is 26.0 Å². The van der Waals surface area contributed by atoms with Crippen molar-refractivity contribution in [2.24, 2.45) is 0 Å². The molecule has 2 unspecified atom stereocenters. The number of halogens is 2. The van der Waals surface area contributed by atoms with Gasteiger partial charge in [0.25, 0.3) is 5.91 Å². The SMILES string of the molecule is C=CCOC(C)C(=O)OC(C)C(=O)Nc1ccc(F)c(F)c1. The molecule has 2 atom stereocenters. The van der Waals surface area contributed by atoms with Gasteiger partial charge in [-0.05, 0) is 26.0 Å². The highest BCUT2D eigenvalue weighted by atomic mass is 19.2. The van der Waals surface area contributed by atoms with Gasteiger partial charge in [-0.2, -0.15) is 0 Å². The van der Waals surface area contributed by atoms with Crippen LogP contribution in [-0.4, -0.2) is 30.7 Å². The molecule has 120 valence electrons. The van der Waals surface area contributed by atoms with E-state index in [2.05, 4.69) is 11.9 Å². The topological polar surface area (TPSA) is 64.6 Å². The van der Waals surface area contributed by atoms with Crippen molar-refractivity contribution in [1.29, 1.82) is 0 Å². The van der Waals surface area contributed by atoms with Gasteiger partial charge >= 0.3 is 5.97 Å². The number of nitrogens with one attached hydrogen (secondary N) is 1. The summed E-state index contributed by atoms with van der Waals surface area (Å²) in [6.45, 7) is 6.45.